The zero-order valence-electron chi connectivity index (χ0n) is 9.27. The Labute approximate surface area is 89.9 Å². The molecule has 0 saturated carbocycles. The van der Waals surface area contributed by atoms with Crippen molar-refractivity contribution in [3.8, 4) is 0 Å². The van der Waals surface area contributed by atoms with E-state index >= 15 is 0 Å². The molecule has 0 atom stereocenters. The third-order valence-electron chi connectivity index (χ3n) is 2.07. The summed E-state index contributed by atoms with van der Waals surface area (Å²) in [4.78, 5) is 8.38. The number of hydrogen-bond donors (Lipinski definition) is 1. The van der Waals surface area contributed by atoms with Crippen molar-refractivity contribution in [1.82, 2.24) is 9.97 Å². The van der Waals surface area contributed by atoms with Crippen molar-refractivity contribution in [2.45, 2.75) is 33.1 Å². The largest absolute Gasteiger partial charge is 0.373 e. The standard InChI is InChI=1S/C10H16ClN3/c1-6-7(10(2,3)4)13-9(11)14-8(6)12-5/h1-5H3,(H,12,13,14). The van der Waals surface area contributed by atoms with Crippen LogP contribution >= 0.6 is 11.6 Å². The van der Waals surface area contributed by atoms with Gasteiger partial charge in [0.15, 0.2) is 0 Å². The average molecular weight is 214 g/mol. The van der Waals surface area contributed by atoms with Crippen LogP contribution in [-0.4, -0.2) is 17.0 Å². The van der Waals surface area contributed by atoms with Crippen LogP contribution < -0.4 is 5.32 Å². The molecule has 0 bridgehead atoms. The molecule has 0 spiro atoms. The Morgan fingerprint density at radius 2 is 1.79 bits per heavy atom. The molecule has 0 aliphatic rings. The first-order valence-corrected chi connectivity index (χ1v) is 4.96. The Morgan fingerprint density at radius 1 is 1.21 bits per heavy atom. The molecular formula is C10H16ClN3. The topological polar surface area (TPSA) is 37.8 Å². The third kappa shape index (κ3) is 2.15. The molecule has 0 aliphatic carbocycles. The van der Waals surface area contributed by atoms with Crippen molar-refractivity contribution in [3.05, 3.63) is 16.5 Å². The van der Waals surface area contributed by atoms with Crippen LogP contribution in [0.2, 0.25) is 5.28 Å². The summed E-state index contributed by atoms with van der Waals surface area (Å²) in [7, 11) is 1.83. The molecule has 1 heterocycles. The van der Waals surface area contributed by atoms with Crippen LogP contribution in [0.1, 0.15) is 32.0 Å². The van der Waals surface area contributed by atoms with Gasteiger partial charge in [-0.1, -0.05) is 20.8 Å². The summed E-state index contributed by atoms with van der Waals surface area (Å²) in [5.41, 5.74) is 2.04. The van der Waals surface area contributed by atoms with Crippen LogP contribution in [0.5, 0.6) is 0 Å². The summed E-state index contributed by atoms with van der Waals surface area (Å²) < 4.78 is 0. The molecular weight excluding hydrogens is 198 g/mol. The van der Waals surface area contributed by atoms with Crippen LogP contribution in [-0.2, 0) is 5.41 Å². The van der Waals surface area contributed by atoms with Crippen LogP contribution in [0.15, 0.2) is 0 Å². The zero-order chi connectivity index (χ0) is 10.9. The second-order valence-electron chi connectivity index (χ2n) is 4.31. The van der Waals surface area contributed by atoms with Crippen molar-refractivity contribution in [2.75, 3.05) is 12.4 Å². The minimum atomic E-state index is -0.0116. The van der Waals surface area contributed by atoms with E-state index in [0.717, 1.165) is 17.1 Å². The highest BCUT2D eigenvalue weighted by Crippen LogP contribution is 2.27. The van der Waals surface area contributed by atoms with E-state index in [1.165, 1.54) is 0 Å². The summed E-state index contributed by atoms with van der Waals surface area (Å²) in [5, 5.41) is 3.31. The van der Waals surface area contributed by atoms with Gasteiger partial charge < -0.3 is 5.32 Å². The number of nitrogens with one attached hydrogen (secondary N) is 1. The molecule has 0 aromatic carbocycles. The van der Waals surface area contributed by atoms with Crippen LogP contribution in [0, 0.1) is 6.92 Å². The van der Waals surface area contributed by atoms with Gasteiger partial charge in [-0.15, -0.1) is 0 Å². The minimum Gasteiger partial charge on any atom is -0.373 e. The minimum absolute atomic E-state index is 0.0116. The molecule has 0 radical (unpaired) electrons. The van der Waals surface area contributed by atoms with Gasteiger partial charge in [0.1, 0.15) is 5.82 Å². The fraction of sp³-hybridized carbons (Fsp3) is 0.600. The molecule has 4 heteroatoms. The Hall–Kier alpha value is -0.830. The first kappa shape index (κ1) is 11.2. The van der Waals surface area contributed by atoms with Gasteiger partial charge in [-0.05, 0) is 18.5 Å². The van der Waals surface area contributed by atoms with E-state index in [1.807, 2.05) is 14.0 Å². The Balaban J connectivity index is 3.37. The van der Waals surface area contributed by atoms with E-state index < -0.39 is 0 Å². The predicted molar refractivity (Wildman–Crippen MR) is 60.0 cm³/mol. The number of anilines is 1. The SMILES string of the molecule is CNc1nc(Cl)nc(C(C)(C)C)c1C. The van der Waals surface area contributed by atoms with Gasteiger partial charge >= 0.3 is 0 Å². The molecule has 0 fully saturated rings. The fourth-order valence-corrected chi connectivity index (χ4v) is 1.63. The summed E-state index contributed by atoms with van der Waals surface area (Å²) in [6, 6.07) is 0. The Kier molecular flexibility index (Phi) is 3.00. The molecule has 14 heavy (non-hydrogen) atoms. The first-order chi connectivity index (χ1) is 6.36. The number of halogens is 1. The van der Waals surface area contributed by atoms with Crippen molar-refractivity contribution < 1.29 is 0 Å². The number of nitrogens with zero attached hydrogens (tertiary/aromatic N) is 2. The summed E-state index contributed by atoms with van der Waals surface area (Å²) >= 11 is 5.84. The quantitative estimate of drug-likeness (QED) is 0.729. The molecule has 1 aromatic rings. The van der Waals surface area contributed by atoms with E-state index in [2.05, 4.69) is 36.1 Å². The highest BCUT2D eigenvalue weighted by Gasteiger charge is 2.21. The van der Waals surface area contributed by atoms with E-state index in [4.69, 9.17) is 11.6 Å². The second kappa shape index (κ2) is 3.73. The van der Waals surface area contributed by atoms with Gasteiger partial charge in [0.2, 0.25) is 5.28 Å². The summed E-state index contributed by atoms with van der Waals surface area (Å²) in [6.07, 6.45) is 0. The Morgan fingerprint density at radius 3 is 2.21 bits per heavy atom. The van der Waals surface area contributed by atoms with Crippen LogP contribution in [0.3, 0.4) is 0 Å². The third-order valence-corrected chi connectivity index (χ3v) is 2.23. The maximum Gasteiger partial charge on any atom is 0.224 e. The lowest BCUT2D eigenvalue weighted by Gasteiger charge is -2.21. The van der Waals surface area contributed by atoms with E-state index in [-0.39, 0.29) is 5.41 Å². The molecule has 78 valence electrons. The average Bonchev–Trinajstić information content (AvgIpc) is 2.06. The van der Waals surface area contributed by atoms with Crippen LogP contribution in [0.25, 0.3) is 0 Å². The van der Waals surface area contributed by atoms with Crippen LogP contribution in [0.4, 0.5) is 5.82 Å². The number of rotatable bonds is 1. The highest BCUT2D eigenvalue weighted by atomic mass is 35.5. The van der Waals surface area contributed by atoms with Gasteiger partial charge in [-0.25, -0.2) is 9.97 Å². The molecule has 0 amide bonds. The van der Waals surface area contributed by atoms with Crippen molar-refractivity contribution >= 4 is 17.4 Å². The van der Waals surface area contributed by atoms with E-state index in [9.17, 15) is 0 Å². The first-order valence-electron chi connectivity index (χ1n) is 4.58. The second-order valence-corrected chi connectivity index (χ2v) is 4.65. The molecule has 1 N–H and O–H groups in total. The molecule has 3 nitrogen and oxygen atoms in total. The van der Waals surface area contributed by atoms with Gasteiger partial charge in [0.05, 0.1) is 5.69 Å². The monoisotopic (exact) mass is 213 g/mol. The van der Waals surface area contributed by atoms with Gasteiger partial charge in [-0.3, -0.25) is 0 Å². The predicted octanol–water partition coefficient (Wildman–Crippen LogP) is 2.78. The maximum atomic E-state index is 5.84. The summed E-state index contributed by atoms with van der Waals surface area (Å²) in [6.45, 7) is 8.33. The Bertz CT molecular complexity index is 342. The zero-order valence-corrected chi connectivity index (χ0v) is 10.0. The number of hydrogen-bond acceptors (Lipinski definition) is 3. The number of aromatic nitrogens is 2. The van der Waals surface area contributed by atoms with E-state index in [1.54, 1.807) is 0 Å². The van der Waals surface area contributed by atoms with E-state index in [0.29, 0.717) is 5.28 Å². The molecule has 0 unspecified atom stereocenters. The maximum absolute atomic E-state index is 5.84. The fourth-order valence-electron chi connectivity index (χ4n) is 1.46. The van der Waals surface area contributed by atoms with Gasteiger partial charge in [0, 0.05) is 18.0 Å². The van der Waals surface area contributed by atoms with Crippen molar-refractivity contribution in [3.63, 3.8) is 0 Å². The highest BCUT2D eigenvalue weighted by molar-refractivity contribution is 6.28. The molecule has 0 aliphatic heterocycles. The van der Waals surface area contributed by atoms with Gasteiger partial charge in [-0.2, -0.15) is 0 Å². The molecule has 1 rings (SSSR count). The van der Waals surface area contributed by atoms with Crippen molar-refractivity contribution in [2.24, 2.45) is 0 Å². The van der Waals surface area contributed by atoms with Gasteiger partial charge in [0.25, 0.3) is 0 Å². The summed E-state index contributed by atoms with van der Waals surface area (Å²) in [5.74, 6) is 0.801. The normalized spacial score (nSPS) is 11.6. The molecule has 0 saturated heterocycles. The van der Waals surface area contributed by atoms with Crippen molar-refractivity contribution in [1.29, 1.82) is 0 Å². The smallest absolute Gasteiger partial charge is 0.224 e. The lowest BCUT2D eigenvalue weighted by molar-refractivity contribution is 0.562. The molecule has 1 aromatic heterocycles. The lowest BCUT2D eigenvalue weighted by atomic mass is 9.89. The lowest BCUT2D eigenvalue weighted by Crippen LogP contribution is -2.17.